The average molecular weight is 351 g/mol. The molecule has 0 aliphatic heterocycles. The molecular formula is C20H22O2Si2. The molecule has 0 spiro atoms. The van der Waals surface area contributed by atoms with E-state index in [1.807, 2.05) is 36.4 Å². The van der Waals surface area contributed by atoms with Crippen LogP contribution in [0, 0.1) is 0 Å². The zero-order valence-electron chi connectivity index (χ0n) is 13.5. The van der Waals surface area contributed by atoms with Gasteiger partial charge in [0.15, 0.2) is 0 Å². The fourth-order valence-electron chi connectivity index (χ4n) is 3.17. The van der Waals surface area contributed by atoms with Gasteiger partial charge in [-0.2, -0.15) is 0 Å². The Kier molecular flexibility index (Phi) is 5.77. The molecule has 0 heterocycles. The fourth-order valence-corrected chi connectivity index (χ4v) is 7.82. The first-order valence-corrected chi connectivity index (χ1v) is 12.2. The summed E-state index contributed by atoms with van der Waals surface area (Å²) in [4.78, 5) is 0. The Bertz CT molecular complexity index is 700. The molecule has 2 atom stereocenters. The van der Waals surface area contributed by atoms with E-state index >= 15 is 0 Å². The molecular weight excluding hydrogens is 328 g/mol. The van der Waals surface area contributed by atoms with E-state index in [2.05, 4.69) is 48.5 Å². The Hall–Kier alpha value is -1.99. The molecule has 24 heavy (non-hydrogen) atoms. The highest BCUT2D eigenvalue weighted by atomic mass is 28.3. The number of aliphatic hydroxyl groups is 2. The van der Waals surface area contributed by atoms with E-state index in [1.165, 1.54) is 20.7 Å². The number of hydrogen-bond acceptors (Lipinski definition) is 2. The molecule has 0 saturated carbocycles. The third-order valence-corrected chi connectivity index (χ3v) is 9.92. The van der Waals surface area contributed by atoms with Crippen LogP contribution in [0.3, 0.4) is 0 Å². The topological polar surface area (TPSA) is 40.5 Å². The van der Waals surface area contributed by atoms with Gasteiger partial charge in [0.1, 0.15) is 17.6 Å². The summed E-state index contributed by atoms with van der Waals surface area (Å²) in [6.07, 6.45) is 0.425. The molecule has 122 valence electrons. The molecule has 0 aliphatic rings. The summed E-state index contributed by atoms with van der Waals surface area (Å²) < 4.78 is 0. The highest BCUT2D eigenvalue weighted by Gasteiger charge is 2.19. The molecule has 2 unspecified atom stereocenters. The second-order valence-electron chi connectivity index (χ2n) is 5.96. The Balaban J connectivity index is 1.96. The Morgan fingerprint density at radius 1 is 0.500 bits per heavy atom. The van der Waals surface area contributed by atoms with Gasteiger partial charge in [0.25, 0.3) is 0 Å². The first-order valence-electron chi connectivity index (χ1n) is 8.25. The summed E-state index contributed by atoms with van der Waals surface area (Å²) >= 11 is 0. The van der Waals surface area contributed by atoms with E-state index < -0.39 is 17.6 Å². The van der Waals surface area contributed by atoms with Crippen LogP contribution in [-0.4, -0.2) is 40.3 Å². The number of hydrogen-bond donors (Lipinski definition) is 2. The van der Waals surface area contributed by atoms with E-state index in [0.717, 1.165) is 0 Å². The van der Waals surface area contributed by atoms with Crippen LogP contribution in [-0.2, 0) is 0 Å². The zero-order chi connectivity index (χ0) is 16.8. The summed E-state index contributed by atoms with van der Waals surface area (Å²) in [5.74, 6) is 0. The molecule has 0 aromatic heterocycles. The van der Waals surface area contributed by atoms with Crippen molar-refractivity contribution in [3.63, 3.8) is 0 Å². The summed E-state index contributed by atoms with van der Waals surface area (Å²) in [5, 5.41) is 24.9. The predicted molar refractivity (Wildman–Crippen MR) is 106 cm³/mol. The van der Waals surface area contributed by atoms with Crippen LogP contribution >= 0.6 is 0 Å². The van der Waals surface area contributed by atoms with Crippen LogP contribution < -0.4 is 20.7 Å². The van der Waals surface area contributed by atoms with Crippen LogP contribution in [0.5, 0.6) is 0 Å². The second kappa shape index (κ2) is 8.21. The molecule has 0 amide bonds. The van der Waals surface area contributed by atoms with Gasteiger partial charge >= 0.3 is 0 Å². The maximum Gasteiger partial charge on any atom is 0.130 e. The normalized spacial score (nSPS) is 13.4. The SMILES string of the molecule is OC[SiH](c1ccccc1)c1cccc([SiH](CO)c2ccccc2)c1. The lowest BCUT2D eigenvalue weighted by Gasteiger charge is -2.18. The molecule has 3 aromatic carbocycles. The Labute approximate surface area is 146 Å². The minimum atomic E-state index is -1.61. The molecule has 0 aliphatic carbocycles. The van der Waals surface area contributed by atoms with Crippen molar-refractivity contribution in [2.45, 2.75) is 0 Å². The monoisotopic (exact) mass is 350 g/mol. The van der Waals surface area contributed by atoms with Crippen molar-refractivity contribution < 1.29 is 10.2 Å². The molecule has 0 saturated heterocycles. The first kappa shape index (κ1) is 16.9. The maximum absolute atomic E-state index is 9.96. The molecule has 3 aromatic rings. The molecule has 4 heteroatoms. The smallest absolute Gasteiger partial charge is 0.130 e. The van der Waals surface area contributed by atoms with E-state index in [9.17, 15) is 10.2 Å². The third kappa shape index (κ3) is 3.73. The van der Waals surface area contributed by atoms with Crippen molar-refractivity contribution in [2.24, 2.45) is 0 Å². The van der Waals surface area contributed by atoms with Crippen molar-refractivity contribution in [1.29, 1.82) is 0 Å². The van der Waals surface area contributed by atoms with Crippen molar-refractivity contribution in [1.82, 2.24) is 0 Å². The Morgan fingerprint density at radius 3 is 1.25 bits per heavy atom. The molecule has 0 fully saturated rings. The second-order valence-corrected chi connectivity index (χ2v) is 11.6. The summed E-state index contributed by atoms with van der Waals surface area (Å²) in [6, 6.07) is 29.1. The lowest BCUT2D eigenvalue weighted by atomic mass is 10.3. The lowest BCUT2D eigenvalue weighted by molar-refractivity contribution is 0.365. The fraction of sp³-hybridized carbons (Fsp3) is 0.100. The summed E-state index contributed by atoms with van der Waals surface area (Å²) in [7, 11) is -3.22. The summed E-state index contributed by atoms with van der Waals surface area (Å²) in [6.45, 7) is 0. The maximum atomic E-state index is 9.96. The number of benzene rings is 3. The number of rotatable bonds is 6. The number of aliphatic hydroxyl groups excluding tert-OH is 2. The Morgan fingerprint density at radius 2 is 0.875 bits per heavy atom. The standard InChI is InChI=1S/C20H22O2Si2/c21-15-23(17-8-3-1-4-9-17)19-12-7-13-20(14-19)24(16-22)18-10-5-2-6-11-18/h1-14,21-24H,15-16H2. The predicted octanol–water partition coefficient (Wildman–Crippen LogP) is -0.568. The van der Waals surface area contributed by atoms with Crippen LogP contribution in [0.1, 0.15) is 0 Å². The van der Waals surface area contributed by atoms with Crippen molar-refractivity contribution in [3.05, 3.63) is 84.9 Å². The van der Waals surface area contributed by atoms with E-state index in [4.69, 9.17) is 0 Å². The van der Waals surface area contributed by atoms with Gasteiger partial charge in [0.2, 0.25) is 0 Å². The van der Waals surface area contributed by atoms with Gasteiger partial charge < -0.3 is 10.2 Å². The minimum Gasteiger partial charge on any atom is -0.399 e. The zero-order valence-corrected chi connectivity index (χ0v) is 15.9. The third-order valence-electron chi connectivity index (χ3n) is 4.48. The van der Waals surface area contributed by atoms with Crippen molar-refractivity contribution in [2.75, 3.05) is 12.5 Å². The molecule has 2 N–H and O–H groups in total. The van der Waals surface area contributed by atoms with Gasteiger partial charge in [0.05, 0.1) is 0 Å². The van der Waals surface area contributed by atoms with Crippen LogP contribution in [0.4, 0.5) is 0 Å². The van der Waals surface area contributed by atoms with Gasteiger partial charge in [-0.05, 0) is 0 Å². The summed E-state index contributed by atoms with van der Waals surface area (Å²) in [5.41, 5.74) is 0. The molecule has 0 radical (unpaired) electrons. The molecule has 0 bridgehead atoms. The molecule has 3 rings (SSSR count). The van der Waals surface area contributed by atoms with Crippen LogP contribution in [0.2, 0.25) is 0 Å². The first-order chi connectivity index (χ1) is 11.8. The van der Waals surface area contributed by atoms with Gasteiger partial charge in [0, 0.05) is 12.5 Å². The average Bonchev–Trinajstić information content (AvgIpc) is 2.65. The van der Waals surface area contributed by atoms with Crippen LogP contribution in [0.15, 0.2) is 84.9 Å². The van der Waals surface area contributed by atoms with E-state index in [-0.39, 0.29) is 12.5 Å². The van der Waals surface area contributed by atoms with E-state index in [0.29, 0.717) is 0 Å². The largest absolute Gasteiger partial charge is 0.399 e. The van der Waals surface area contributed by atoms with Gasteiger partial charge in [-0.15, -0.1) is 0 Å². The highest BCUT2D eigenvalue weighted by molar-refractivity contribution is 6.87. The van der Waals surface area contributed by atoms with Gasteiger partial charge in [-0.1, -0.05) is 106 Å². The van der Waals surface area contributed by atoms with Gasteiger partial charge in [-0.3, -0.25) is 0 Å². The van der Waals surface area contributed by atoms with E-state index in [1.54, 1.807) is 0 Å². The lowest BCUT2D eigenvalue weighted by Crippen LogP contribution is -2.50. The van der Waals surface area contributed by atoms with Crippen LogP contribution in [0.25, 0.3) is 0 Å². The molecule has 2 nitrogen and oxygen atoms in total. The minimum absolute atomic E-state index is 0.212. The highest BCUT2D eigenvalue weighted by Crippen LogP contribution is 1.95. The van der Waals surface area contributed by atoms with Crippen molar-refractivity contribution in [3.8, 4) is 0 Å². The van der Waals surface area contributed by atoms with Gasteiger partial charge in [-0.25, -0.2) is 0 Å². The quantitative estimate of drug-likeness (QED) is 0.585. The van der Waals surface area contributed by atoms with Crippen molar-refractivity contribution >= 4 is 38.3 Å².